The molecule has 0 bridgehead atoms. The number of aliphatic carboxylic acids is 2. The Balaban J connectivity index is 3.83. The van der Waals surface area contributed by atoms with Crippen LogP contribution in [0.3, 0.4) is 0 Å². The number of nitrogens with two attached hydrogens (primary N) is 2. The summed E-state index contributed by atoms with van der Waals surface area (Å²) < 4.78 is 0. The molecule has 0 aromatic heterocycles. The van der Waals surface area contributed by atoms with E-state index in [0.29, 0.717) is 0 Å². The molecule has 2 atom stereocenters. The van der Waals surface area contributed by atoms with Gasteiger partial charge >= 0.3 is 11.9 Å². The Bertz CT molecular complexity index is 359. The molecule has 0 aliphatic heterocycles. The van der Waals surface area contributed by atoms with Gasteiger partial charge < -0.3 is 21.7 Å². The van der Waals surface area contributed by atoms with Gasteiger partial charge in [0, 0.05) is 18.6 Å². The quantitative estimate of drug-likeness (QED) is 0.433. The summed E-state index contributed by atoms with van der Waals surface area (Å²) in [5, 5.41) is 18.6. The Morgan fingerprint density at radius 2 is 1.79 bits per heavy atom. The lowest BCUT2D eigenvalue weighted by atomic mass is 10.1. The largest absolute Gasteiger partial charge is 0.481 e. The fourth-order valence-electron chi connectivity index (χ4n) is 1.05. The van der Waals surface area contributed by atoms with Crippen molar-refractivity contribution in [3.8, 4) is 0 Å². The number of Topliss-reactive ketones (excluding diaryl/α,β-unsaturated/α-hetero) is 1. The fraction of sp³-hybridized carbons (Fsp3) is 0.545. The maximum absolute atomic E-state index is 11.5. The number of ketones is 1. The smallest absolute Gasteiger partial charge is 0.321 e. The van der Waals surface area contributed by atoms with Crippen molar-refractivity contribution in [1.82, 2.24) is 0 Å². The van der Waals surface area contributed by atoms with Crippen molar-refractivity contribution in [3.05, 3.63) is 11.5 Å². The number of rotatable bonds is 10. The van der Waals surface area contributed by atoms with Gasteiger partial charge in [-0.25, -0.2) is 0 Å². The molecule has 7 nitrogen and oxygen atoms in total. The first-order valence-electron chi connectivity index (χ1n) is 5.59. The van der Waals surface area contributed by atoms with Crippen LogP contribution >= 0.6 is 11.8 Å². The molecule has 0 saturated heterocycles. The monoisotopic (exact) mass is 290 g/mol. The second kappa shape index (κ2) is 9.54. The number of carboxylic acid groups (broad SMARTS) is 2. The van der Waals surface area contributed by atoms with Crippen molar-refractivity contribution in [2.24, 2.45) is 11.5 Å². The molecule has 0 amide bonds. The first kappa shape index (κ1) is 17.6. The van der Waals surface area contributed by atoms with E-state index in [9.17, 15) is 14.4 Å². The van der Waals surface area contributed by atoms with Gasteiger partial charge in [-0.1, -0.05) is 6.08 Å². The molecule has 0 aliphatic carbocycles. The molecule has 0 aromatic carbocycles. The van der Waals surface area contributed by atoms with Gasteiger partial charge in [-0.05, 0) is 11.8 Å². The topological polar surface area (TPSA) is 144 Å². The number of carbonyl (C=O) groups excluding carboxylic acids is 1. The lowest BCUT2D eigenvalue weighted by Crippen LogP contribution is -2.32. The summed E-state index contributed by atoms with van der Waals surface area (Å²) in [5.41, 5.74) is 10.8. The van der Waals surface area contributed by atoms with E-state index in [2.05, 4.69) is 0 Å². The minimum Gasteiger partial charge on any atom is -0.481 e. The van der Waals surface area contributed by atoms with Crippen molar-refractivity contribution in [3.63, 3.8) is 0 Å². The molecule has 0 saturated carbocycles. The third kappa shape index (κ3) is 9.23. The lowest BCUT2D eigenvalue weighted by molar-refractivity contribution is -0.138. The normalized spacial score (nSPS) is 14.2. The predicted molar refractivity (Wildman–Crippen MR) is 71.7 cm³/mol. The van der Waals surface area contributed by atoms with Crippen LogP contribution in [0, 0.1) is 0 Å². The summed E-state index contributed by atoms with van der Waals surface area (Å²) in [5.74, 6) is -2.10. The molecule has 0 aromatic rings. The predicted octanol–water partition coefficient (Wildman–Crippen LogP) is -0.203. The maximum Gasteiger partial charge on any atom is 0.321 e. The average molecular weight is 290 g/mol. The molecule has 19 heavy (non-hydrogen) atoms. The van der Waals surface area contributed by atoms with E-state index in [-0.39, 0.29) is 30.8 Å². The average Bonchev–Trinajstić information content (AvgIpc) is 2.34. The molecule has 0 radical (unpaired) electrons. The maximum atomic E-state index is 11.5. The Morgan fingerprint density at radius 1 is 1.16 bits per heavy atom. The highest BCUT2D eigenvalue weighted by Crippen LogP contribution is 2.06. The molecule has 0 rings (SSSR count). The SMILES string of the molecule is NC(CSC=CCC(=O)C(N)CCC(=O)O)C(=O)O. The van der Waals surface area contributed by atoms with Crippen LogP contribution in [0.2, 0.25) is 0 Å². The van der Waals surface area contributed by atoms with Gasteiger partial charge in [0.05, 0.1) is 6.04 Å². The van der Waals surface area contributed by atoms with Gasteiger partial charge in [0.15, 0.2) is 5.78 Å². The van der Waals surface area contributed by atoms with Crippen LogP contribution in [0.5, 0.6) is 0 Å². The number of allylic oxidation sites excluding steroid dienone is 1. The van der Waals surface area contributed by atoms with Crippen LogP contribution in [0.4, 0.5) is 0 Å². The van der Waals surface area contributed by atoms with Crippen molar-refractivity contribution < 1.29 is 24.6 Å². The van der Waals surface area contributed by atoms with E-state index in [1.54, 1.807) is 11.5 Å². The summed E-state index contributed by atoms with van der Waals surface area (Å²) in [4.78, 5) is 32.2. The third-order valence-corrected chi connectivity index (χ3v) is 3.12. The van der Waals surface area contributed by atoms with Gasteiger partial charge in [0.1, 0.15) is 6.04 Å². The van der Waals surface area contributed by atoms with Crippen molar-refractivity contribution in [1.29, 1.82) is 0 Å². The first-order valence-corrected chi connectivity index (χ1v) is 6.64. The zero-order valence-electron chi connectivity index (χ0n) is 10.3. The summed E-state index contributed by atoms with van der Waals surface area (Å²) in [6, 6.07) is -1.73. The zero-order valence-corrected chi connectivity index (χ0v) is 11.1. The Kier molecular flexibility index (Phi) is 8.84. The lowest BCUT2D eigenvalue weighted by Gasteiger charge is -2.06. The molecule has 108 valence electrons. The van der Waals surface area contributed by atoms with Crippen molar-refractivity contribution in [2.45, 2.75) is 31.3 Å². The standard InChI is InChI=1S/C11H18N2O5S/c12-7(3-4-10(15)16)9(14)2-1-5-19-6-8(13)11(17)18/h1,5,7-8H,2-4,6,12-13H2,(H,15,16)(H,17,18). The van der Waals surface area contributed by atoms with Crippen molar-refractivity contribution in [2.75, 3.05) is 5.75 Å². The van der Waals surface area contributed by atoms with Crippen LogP contribution in [-0.4, -0.2) is 45.8 Å². The number of carbonyl (C=O) groups is 3. The van der Waals surface area contributed by atoms with Gasteiger partial charge in [-0.2, -0.15) is 0 Å². The summed E-state index contributed by atoms with van der Waals surface area (Å²) in [6.07, 6.45) is 1.62. The number of hydrogen-bond donors (Lipinski definition) is 4. The highest BCUT2D eigenvalue weighted by atomic mass is 32.2. The van der Waals surface area contributed by atoms with Crippen molar-refractivity contribution >= 4 is 29.5 Å². The second-order valence-corrected chi connectivity index (χ2v) is 4.80. The summed E-state index contributed by atoms with van der Waals surface area (Å²) >= 11 is 1.19. The Hall–Kier alpha value is -1.38. The molecular formula is C11H18N2O5S. The van der Waals surface area contributed by atoms with E-state index in [1.165, 1.54) is 11.8 Å². The number of thioether (sulfide) groups is 1. The third-order valence-electron chi connectivity index (χ3n) is 2.19. The van der Waals surface area contributed by atoms with Gasteiger partial charge in [0.2, 0.25) is 0 Å². The summed E-state index contributed by atoms with van der Waals surface area (Å²) in [7, 11) is 0. The van der Waals surface area contributed by atoms with Gasteiger partial charge in [-0.15, -0.1) is 11.8 Å². The number of hydrogen-bond acceptors (Lipinski definition) is 6. The minimum absolute atomic E-state index is 0.0933. The molecule has 6 N–H and O–H groups in total. The van der Waals surface area contributed by atoms with Gasteiger partial charge in [-0.3, -0.25) is 14.4 Å². The Labute approximate surface area is 115 Å². The first-order chi connectivity index (χ1) is 8.84. The van der Waals surface area contributed by atoms with E-state index in [0.717, 1.165) is 0 Å². The van der Waals surface area contributed by atoms with Crippen LogP contribution < -0.4 is 11.5 Å². The molecular weight excluding hydrogens is 272 g/mol. The zero-order chi connectivity index (χ0) is 14.8. The Morgan fingerprint density at radius 3 is 2.32 bits per heavy atom. The van der Waals surface area contributed by atoms with Crippen LogP contribution in [-0.2, 0) is 14.4 Å². The van der Waals surface area contributed by atoms with E-state index in [1.807, 2.05) is 0 Å². The van der Waals surface area contributed by atoms with E-state index < -0.39 is 24.0 Å². The van der Waals surface area contributed by atoms with Crippen LogP contribution in [0.25, 0.3) is 0 Å². The molecule has 0 heterocycles. The molecule has 0 fully saturated rings. The van der Waals surface area contributed by atoms with Crippen LogP contribution in [0.1, 0.15) is 19.3 Å². The number of carboxylic acids is 2. The summed E-state index contributed by atoms with van der Waals surface area (Å²) in [6.45, 7) is 0. The molecule has 0 aliphatic rings. The minimum atomic E-state index is -1.08. The van der Waals surface area contributed by atoms with Crippen LogP contribution in [0.15, 0.2) is 11.5 Å². The molecule has 8 heteroatoms. The fourth-order valence-corrected chi connectivity index (χ4v) is 1.75. The van der Waals surface area contributed by atoms with E-state index in [4.69, 9.17) is 21.7 Å². The highest BCUT2D eigenvalue weighted by molar-refractivity contribution is 8.02. The highest BCUT2D eigenvalue weighted by Gasteiger charge is 2.13. The van der Waals surface area contributed by atoms with E-state index >= 15 is 0 Å². The second-order valence-electron chi connectivity index (χ2n) is 3.86. The molecule has 2 unspecified atom stereocenters. The van der Waals surface area contributed by atoms with Gasteiger partial charge in [0.25, 0.3) is 0 Å². The molecule has 0 spiro atoms.